The number of benzene rings is 1. The van der Waals surface area contributed by atoms with Crippen molar-refractivity contribution in [3.8, 4) is 0 Å². The van der Waals surface area contributed by atoms with Crippen LogP contribution in [0.5, 0.6) is 0 Å². The molecule has 0 aromatic heterocycles. The molecule has 1 aromatic rings. The van der Waals surface area contributed by atoms with Crippen molar-refractivity contribution in [2.45, 2.75) is 33.4 Å². The fraction of sp³-hybridized carbons (Fsp3) is 0.625. The van der Waals surface area contributed by atoms with Gasteiger partial charge in [-0.2, -0.15) is 0 Å². The van der Waals surface area contributed by atoms with E-state index in [1.807, 2.05) is 7.05 Å². The maximum absolute atomic E-state index is 3.19. The molecule has 2 atom stereocenters. The molecule has 18 heavy (non-hydrogen) atoms. The van der Waals surface area contributed by atoms with Gasteiger partial charge < -0.3 is 5.32 Å². The second-order valence-corrected chi connectivity index (χ2v) is 5.99. The predicted molar refractivity (Wildman–Crippen MR) is 77.4 cm³/mol. The van der Waals surface area contributed by atoms with Crippen molar-refractivity contribution in [2.24, 2.45) is 11.8 Å². The van der Waals surface area contributed by atoms with E-state index >= 15 is 0 Å². The van der Waals surface area contributed by atoms with Crippen LogP contribution >= 0.6 is 0 Å². The largest absolute Gasteiger partial charge is 0.316 e. The van der Waals surface area contributed by atoms with Crippen LogP contribution < -0.4 is 5.32 Å². The van der Waals surface area contributed by atoms with E-state index in [0.29, 0.717) is 0 Å². The van der Waals surface area contributed by atoms with Crippen molar-refractivity contribution in [3.05, 3.63) is 35.4 Å². The molecule has 2 nitrogen and oxygen atoms in total. The zero-order valence-corrected chi connectivity index (χ0v) is 11.9. The lowest BCUT2D eigenvalue weighted by Gasteiger charge is -2.35. The summed E-state index contributed by atoms with van der Waals surface area (Å²) in [5, 5.41) is 3.19. The average Bonchev–Trinajstić information content (AvgIpc) is 2.31. The molecule has 1 aliphatic rings. The van der Waals surface area contributed by atoms with E-state index in [1.54, 1.807) is 0 Å². The number of piperidine rings is 1. The summed E-state index contributed by atoms with van der Waals surface area (Å²) >= 11 is 0. The van der Waals surface area contributed by atoms with Crippen molar-refractivity contribution in [2.75, 3.05) is 20.1 Å². The number of likely N-dealkylation sites (tertiary alicyclic amines) is 1. The van der Waals surface area contributed by atoms with Crippen molar-refractivity contribution < 1.29 is 0 Å². The van der Waals surface area contributed by atoms with Gasteiger partial charge in [0.2, 0.25) is 0 Å². The summed E-state index contributed by atoms with van der Waals surface area (Å²) in [5.41, 5.74) is 2.80. The second-order valence-electron chi connectivity index (χ2n) is 5.99. The molecule has 0 aliphatic carbocycles. The Labute approximate surface area is 111 Å². The quantitative estimate of drug-likeness (QED) is 0.879. The van der Waals surface area contributed by atoms with Gasteiger partial charge in [-0.25, -0.2) is 0 Å². The van der Waals surface area contributed by atoms with E-state index in [-0.39, 0.29) is 0 Å². The molecule has 2 heteroatoms. The summed E-state index contributed by atoms with van der Waals surface area (Å²) < 4.78 is 0. The lowest BCUT2D eigenvalue weighted by molar-refractivity contribution is 0.134. The highest BCUT2D eigenvalue weighted by Crippen LogP contribution is 2.22. The zero-order chi connectivity index (χ0) is 13.0. The summed E-state index contributed by atoms with van der Waals surface area (Å²) in [7, 11) is 1.99. The first-order chi connectivity index (χ1) is 8.67. The van der Waals surface area contributed by atoms with Crippen LogP contribution in [0, 0.1) is 11.8 Å². The molecule has 1 fully saturated rings. The molecule has 1 heterocycles. The third-order valence-corrected chi connectivity index (χ3v) is 3.75. The van der Waals surface area contributed by atoms with Gasteiger partial charge >= 0.3 is 0 Å². The topological polar surface area (TPSA) is 15.3 Å². The van der Waals surface area contributed by atoms with Gasteiger partial charge in [-0.1, -0.05) is 38.1 Å². The van der Waals surface area contributed by atoms with Gasteiger partial charge in [-0.3, -0.25) is 4.90 Å². The third kappa shape index (κ3) is 3.82. The highest BCUT2D eigenvalue weighted by atomic mass is 15.1. The maximum atomic E-state index is 3.19. The van der Waals surface area contributed by atoms with Crippen LogP contribution in [-0.2, 0) is 13.1 Å². The molecule has 0 amide bonds. The summed E-state index contributed by atoms with van der Waals surface area (Å²) in [6.45, 7) is 9.31. The molecule has 0 saturated carbocycles. The molecule has 1 N–H and O–H groups in total. The Morgan fingerprint density at radius 2 is 1.61 bits per heavy atom. The van der Waals surface area contributed by atoms with Gasteiger partial charge in [0.05, 0.1) is 0 Å². The third-order valence-electron chi connectivity index (χ3n) is 3.75. The number of rotatable bonds is 4. The Hall–Kier alpha value is -0.860. The highest BCUT2D eigenvalue weighted by Gasteiger charge is 2.21. The van der Waals surface area contributed by atoms with Crippen LogP contribution in [0.15, 0.2) is 24.3 Å². The summed E-state index contributed by atoms with van der Waals surface area (Å²) in [6, 6.07) is 9.03. The minimum atomic E-state index is 0.845. The second kappa shape index (κ2) is 6.35. The number of hydrogen-bond acceptors (Lipinski definition) is 2. The first-order valence-electron chi connectivity index (χ1n) is 7.12. The smallest absolute Gasteiger partial charge is 0.0233 e. The van der Waals surface area contributed by atoms with Crippen LogP contribution in [0.3, 0.4) is 0 Å². The van der Waals surface area contributed by atoms with E-state index in [2.05, 4.69) is 48.3 Å². The SMILES string of the molecule is CNCc1ccc(CN2CC(C)CC(C)C2)cc1. The summed E-state index contributed by atoms with van der Waals surface area (Å²) in [4.78, 5) is 2.60. The average molecular weight is 246 g/mol. The molecular formula is C16H26N2. The molecular weight excluding hydrogens is 220 g/mol. The van der Waals surface area contributed by atoms with Gasteiger partial charge in [0.1, 0.15) is 0 Å². The van der Waals surface area contributed by atoms with Crippen molar-refractivity contribution in [3.63, 3.8) is 0 Å². The van der Waals surface area contributed by atoms with Crippen LogP contribution in [0.4, 0.5) is 0 Å². The Morgan fingerprint density at radius 1 is 1.06 bits per heavy atom. The first kappa shape index (κ1) is 13.6. The Bertz CT molecular complexity index is 348. The molecule has 0 radical (unpaired) electrons. The van der Waals surface area contributed by atoms with Crippen LogP contribution in [0.2, 0.25) is 0 Å². The Balaban J connectivity index is 1.92. The van der Waals surface area contributed by atoms with Crippen molar-refractivity contribution in [1.29, 1.82) is 0 Å². The normalized spacial score (nSPS) is 25.3. The van der Waals surface area contributed by atoms with Gasteiger partial charge in [-0.15, -0.1) is 0 Å². The van der Waals surface area contributed by atoms with Crippen LogP contribution in [0.25, 0.3) is 0 Å². The van der Waals surface area contributed by atoms with Crippen LogP contribution in [0.1, 0.15) is 31.4 Å². The molecule has 0 bridgehead atoms. The molecule has 1 aliphatic heterocycles. The Morgan fingerprint density at radius 3 is 2.17 bits per heavy atom. The number of nitrogens with zero attached hydrogens (tertiary/aromatic N) is 1. The first-order valence-corrected chi connectivity index (χ1v) is 7.12. The van der Waals surface area contributed by atoms with E-state index in [9.17, 15) is 0 Å². The molecule has 1 aromatic carbocycles. The number of nitrogens with one attached hydrogen (secondary N) is 1. The molecule has 100 valence electrons. The van der Waals surface area contributed by atoms with E-state index in [0.717, 1.165) is 24.9 Å². The zero-order valence-electron chi connectivity index (χ0n) is 11.9. The minimum absolute atomic E-state index is 0.845. The van der Waals surface area contributed by atoms with Gasteiger partial charge in [0.15, 0.2) is 0 Å². The van der Waals surface area contributed by atoms with E-state index < -0.39 is 0 Å². The molecule has 1 saturated heterocycles. The summed E-state index contributed by atoms with van der Waals surface area (Å²) in [5.74, 6) is 1.69. The standard InChI is InChI=1S/C16H26N2/c1-13-8-14(2)11-18(10-13)12-16-6-4-15(5-7-16)9-17-3/h4-7,13-14,17H,8-12H2,1-3H3. The molecule has 2 unspecified atom stereocenters. The molecule has 0 spiro atoms. The van der Waals surface area contributed by atoms with E-state index in [4.69, 9.17) is 0 Å². The summed E-state index contributed by atoms with van der Waals surface area (Å²) in [6.07, 6.45) is 1.39. The monoisotopic (exact) mass is 246 g/mol. The minimum Gasteiger partial charge on any atom is -0.316 e. The fourth-order valence-electron chi connectivity index (χ4n) is 3.15. The van der Waals surface area contributed by atoms with Crippen molar-refractivity contribution in [1.82, 2.24) is 10.2 Å². The lowest BCUT2D eigenvalue weighted by atomic mass is 9.91. The van der Waals surface area contributed by atoms with Crippen LogP contribution in [-0.4, -0.2) is 25.0 Å². The number of hydrogen-bond donors (Lipinski definition) is 1. The van der Waals surface area contributed by atoms with Gasteiger partial charge in [0.25, 0.3) is 0 Å². The van der Waals surface area contributed by atoms with Gasteiger partial charge in [-0.05, 0) is 36.4 Å². The Kier molecular flexibility index (Phi) is 4.79. The predicted octanol–water partition coefficient (Wildman–Crippen LogP) is 2.88. The highest BCUT2D eigenvalue weighted by molar-refractivity contribution is 5.22. The molecule has 2 rings (SSSR count). The van der Waals surface area contributed by atoms with Gasteiger partial charge in [0, 0.05) is 26.2 Å². The fourth-order valence-corrected chi connectivity index (χ4v) is 3.15. The maximum Gasteiger partial charge on any atom is 0.0233 e. The van der Waals surface area contributed by atoms with Crippen molar-refractivity contribution >= 4 is 0 Å². The van der Waals surface area contributed by atoms with E-state index in [1.165, 1.54) is 30.6 Å². The lowest BCUT2D eigenvalue weighted by Crippen LogP contribution is -2.38.